The van der Waals surface area contributed by atoms with Crippen LogP contribution in [0.5, 0.6) is 0 Å². The highest BCUT2D eigenvalue weighted by Gasteiger charge is 1.97. The molecule has 16 heavy (non-hydrogen) atoms. The minimum atomic E-state index is -0.500. The Morgan fingerprint density at radius 3 is 0.938 bits per heavy atom. The Morgan fingerprint density at radius 2 is 0.938 bits per heavy atom. The van der Waals surface area contributed by atoms with Crippen molar-refractivity contribution in [3.8, 4) is 0 Å². The summed E-state index contributed by atoms with van der Waals surface area (Å²) in [4.78, 5) is 3.25. The van der Waals surface area contributed by atoms with E-state index in [9.17, 15) is 0 Å². The molecular formula is C10H36O6. The third-order valence-corrected chi connectivity index (χ3v) is 0. The van der Waals surface area contributed by atoms with Gasteiger partial charge in [-0.05, 0) is 20.8 Å². The molecule has 0 rings (SSSR count). The van der Waals surface area contributed by atoms with E-state index in [2.05, 4.69) is 18.7 Å². The van der Waals surface area contributed by atoms with Crippen LogP contribution in [0.25, 0.3) is 0 Å². The van der Waals surface area contributed by atoms with Crippen molar-refractivity contribution in [2.45, 2.75) is 61.5 Å². The highest BCUT2D eigenvalue weighted by molar-refractivity contribution is 4.50. The van der Waals surface area contributed by atoms with Gasteiger partial charge in [0.1, 0.15) is 0 Å². The normalized spacial score (nSPS) is 6.00. The van der Waals surface area contributed by atoms with Gasteiger partial charge < -0.3 is 21.5 Å². The van der Waals surface area contributed by atoms with Gasteiger partial charge in [0, 0.05) is 0 Å². The first-order chi connectivity index (χ1) is 4.83. The van der Waals surface area contributed by atoms with E-state index in [4.69, 9.17) is 10.4 Å². The Balaban J connectivity index is -0.00000000895. The summed E-state index contributed by atoms with van der Waals surface area (Å²) in [6.07, 6.45) is 1.25. The molecule has 0 aliphatic rings. The lowest BCUT2D eigenvalue weighted by Crippen LogP contribution is -2.10. The third kappa shape index (κ3) is 38900. The van der Waals surface area contributed by atoms with Crippen LogP contribution in [0.4, 0.5) is 0 Å². The summed E-state index contributed by atoms with van der Waals surface area (Å²) in [5.41, 5.74) is -0.500. The fourth-order valence-electron chi connectivity index (χ4n) is 0. The van der Waals surface area contributed by atoms with Gasteiger partial charge in [0.05, 0.1) is 12.7 Å². The van der Waals surface area contributed by atoms with Crippen molar-refractivity contribution in [1.82, 2.24) is 0 Å². The number of hydrogen-bond acceptors (Lipinski definition) is 3. The second-order valence-corrected chi connectivity index (χ2v) is 3.06. The van der Waals surface area contributed by atoms with E-state index in [1.165, 1.54) is 13.5 Å². The molecule has 0 atom stereocenters. The van der Waals surface area contributed by atoms with E-state index in [1.807, 2.05) is 0 Å². The van der Waals surface area contributed by atoms with Gasteiger partial charge in [0.2, 0.25) is 0 Å². The van der Waals surface area contributed by atoms with Crippen LogP contribution in [0.1, 0.15) is 55.9 Å². The summed E-state index contributed by atoms with van der Waals surface area (Å²) in [6, 6.07) is 0. The smallest absolute Gasteiger partial charge is 0.0710 e. The van der Waals surface area contributed by atoms with Crippen LogP contribution in [0.3, 0.4) is 0 Å². The van der Waals surface area contributed by atoms with Crippen molar-refractivity contribution in [3.63, 3.8) is 0 Å². The fourth-order valence-corrected chi connectivity index (χ4v) is 0. The molecule has 0 aliphatic carbocycles. The van der Waals surface area contributed by atoms with E-state index in [0.717, 1.165) is 0 Å². The number of aliphatic hydroxyl groups is 1. The van der Waals surface area contributed by atoms with Crippen LogP contribution in [-0.2, 0) is 4.89 Å². The van der Waals surface area contributed by atoms with Crippen LogP contribution in [0, 0.1) is 0 Å². The quantitative estimate of drug-likeness (QED) is 0.491. The Hall–Kier alpha value is -0.240. The van der Waals surface area contributed by atoms with Gasteiger partial charge in [-0.1, -0.05) is 35.1 Å². The van der Waals surface area contributed by atoms with E-state index >= 15 is 0 Å². The lowest BCUT2D eigenvalue weighted by Gasteiger charge is -2.04. The Labute approximate surface area is 101 Å². The molecule has 0 spiro atoms. The van der Waals surface area contributed by atoms with Crippen molar-refractivity contribution < 1.29 is 31.7 Å². The van der Waals surface area contributed by atoms with Crippen LogP contribution in [-0.4, -0.2) is 39.5 Å². The van der Waals surface area contributed by atoms with Crippen molar-refractivity contribution in [2.75, 3.05) is 7.11 Å². The van der Waals surface area contributed by atoms with E-state index in [-0.39, 0.29) is 31.3 Å². The van der Waals surface area contributed by atoms with Crippen LogP contribution in [0.2, 0.25) is 0 Å². The maximum atomic E-state index is 8.52. The maximum Gasteiger partial charge on any atom is 0.0710 e. The highest BCUT2D eigenvalue weighted by atomic mass is 17.1. The average Bonchev–Trinajstić information content (AvgIpc) is 1.62. The summed E-state index contributed by atoms with van der Waals surface area (Å²) >= 11 is 0. The predicted octanol–water partition coefficient (Wildman–Crippen LogP) is 1.10. The van der Waals surface area contributed by atoms with Crippen molar-refractivity contribution in [2.24, 2.45) is 0 Å². The zero-order valence-electron chi connectivity index (χ0n) is 10.0. The molecule has 0 saturated carbocycles. The molecular weight excluding hydrogens is 216 g/mol. The third-order valence-electron chi connectivity index (χ3n) is 0. The zero-order valence-corrected chi connectivity index (χ0v) is 10.0. The molecule has 0 saturated heterocycles. The van der Waals surface area contributed by atoms with E-state index in [0.29, 0.717) is 0 Å². The van der Waals surface area contributed by atoms with Gasteiger partial charge in [0.15, 0.2) is 0 Å². The van der Waals surface area contributed by atoms with Crippen LogP contribution < -0.4 is 0 Å². The molecule has 0 aromatic rings. The fraction of sp³-hybridized carbons (Fsp3) is 1.00. The molecule has 112 valence electrons. The predicted molar refractivity (Wildman–Crippen MR) is 71.9 cm³/mol. The molecule has 0 aromatic carbocycles. The first kappa shape index (κ1) is 57.0. The molecule has 0 unspecified atom stereocenters. The summed E-state index contributed by atoms with van der Waals surface area (Å²) in [7, 11) is 1.18. The Bertz CT molecular complexity index is 45.8. The van der Waals surface area contributed by atoms with Crippen LogP contribution >= 0.6 is 0 Å². The lowest BCUT2D eigenvalue weighted by molar-refractivity contribution is -0.214. The molecule has 0 bridgehead atoms. The van der Waals surface area contributed by atoms with Gasteiger partial charge in [-0.25, -0.2) is 4.89 Å². The summed E-state index contributed by atoms with van der Waals surface area (Å²) < 4.78 is 0. The van der Waals surface area contributed by atoms with Gasteiger partial charge in [0.25, 0.3) is 0 Å². The molecule has 6 nitrogen and oxygen atoms in total. The van der Waals surface area contributed by atoms with Crippen molar-refractivity contribution in [3.05, 3.63) is 0 Å². The Morgan fingerprint density at radius 1 is 0.938 bits per heavy atom. The molecule has 0 amide bonds. The van der Waals surface area contributed by atoms with Crippen molar-refractivity contribution >= 4 is 0 Å². The molecule has 0 heterocycles. The second-order valence-electron chi connectivity index (χ2n) is 3.06. The second kappa shape index (κ2) is 46.4. The summed E-state index contributed by atoms with van der Waals surface area (Å²) in [6.45, 7) is 9.48. The molecule has 0 fully saturated rings. The van der Waals surface area contributed by atoms with Gasteiger partial charge in [-0.15, -0.1) is 0 Å². The molecule has 0 radical (unpaired) electrons. The Kier molecular flexibility index (Phi) is 165. The van der Waals surface area contributed by atoms with Gasteiger partial charge >= 0.3 is 0 Å². The first-order valence-corrected chi connectivity index (χ1v) is 3.73. The maximum absolute atomic E-state index is 8.52. The largest absolute Gasteiger partial charge is 0.412 e. The van der Waals surface area contributed by atoms with Crippen molar-refractivity contribution in [1.29, 1.82) is 0 Å². The summed E-state index contributed by atoms with van der Waals surface area (Å²) in [5.74, 6) is 0. The first-order valence-electron chi connectivity index (χ1n) is 3.73. The SMILES string of the molecule is C.C.CC(C)(C)O.CCC.COO.O.O.O. The zero-order chi connectivity index (χ0) is 9.91. The summed E-state index contributed by atoms with van der Waals surface area (Å²) in [5, 5.41) is 15.6. The number of rotatable bonds is 0. The van der Waals surface area contributed by atoms with Gasteiger partial charge in [-0.3, -0.25) is 5.26 Å². The van der Waals surface area contributed by atoms with Gasteiger partial charge in [-0.2, -0.15) is 0 Å². The van der Waals surface area contributed by atoms with E-state index < -0.39 is 5.60 Å². The lowest BCUT2D eigenvalue weighted by atomic mass is 10.2. The van der Waals surface area contributed by atoms with E-state index in [1.54, 1.807) is 20.8 Å². The molecule has 0 aliphatic heterocycles. The highest BCUT2D eigenvalue weighted by Crippen LogP contribution is 1.93. The molecule has 6 heteroatoms. The standard InChI is InChI=1S/C4H10O.C3H8.CH4O2.2CH4.3H2O/c1-4(2,3)5;2*1-3-2;;;;;/h5H,1-3H3;3H2,1-2H3;2H,1H3;2*1H4;3*1H2. The average molecular weight is 252 g/mol. The minimum Gasteiger partial charge on any atom is -0.412 e. The van der Waals surface area contributed by atoms with Crippen LogP contribution in [0.15, 0.2) is 0 Å². The topological polar surface area (TPSA) is 144 Å². The minimum absolute atomic E-state index is 0. The molecule has 8 N–H and O–H groups in total. The molecule has 0 aromatic heterocycles. The number of hydrogen-bond donors (Lipinski definition) is 2. The monoisotopic (exact) mass is 252 g/mol.